The van der Waals surface area contributed by atoms with Gasteiger partial charge in [-0.25, -0.2) is 4.98 Å². The van der Waals surface area contributed by atoms with E-state index in [-0.39, 0.29) is 11.8 Å². The minimum atomic E-state index is 0.158. The number of carbonyl (C=O) groups is 1. The van der Waals surface area contributed by atoms with Gasteiger partial charge in [0.1, 0.15) is 11.6 Å². The third-order valence-corrected chi connectivity index (χ3v) is 5.47. The van der Waals surface area contributed by atoms with E-state index >= 15 is 0 Å². The summed E-state index contributed by atoms with van der Waals surface area (Å²) in [6, 6.07) is 14.5. The Balaban J connectivity index is 1.34. The molecule has 1 aliphatic carbocycles. The lowest BCUT2D eigenvalue weighted by Crippen LogP contribution is -2.26. The summed E-state index contributed by atoms with van der Waals surface area (Å²) in [4.78, 5) is 16.8. The van der Waals surface area contributed by atoms with Gasteiger partial charge in [-0.15, -0.1) is 0 Å². The Morgan fingerprint density at radius 1 is 1.17 bits per heavy atom. The number of rotatable bonds is 9. The number of para-hydroxylation sites is 2. The molecule has 0 radical (unpaired) electrons. The lowest BCUT2D eigenvalue weighted by molar-refractivity contribution is -0.122. The molecule has 1 aromatic heterocycles. The molecule has 0 aliphatic heterocycles. The summed E-state index contributed by atoms with van der Waals surface area (Å²) in [6.07, 6.45) is 3.99. The summed E-state index contributed by atoms with van der Waals surface area (Å²) in [7, 11) is 0. The summed E-state index contributed by atoms with van der Waals surface area (Å²) in [6.45, 7) is 6.23. The van der Waals surface area contributed by atoms with Crippen LogP contribution >= 0.6 is 0 Å². The van der Waals surface area contributed by atoms with Gasteiger partial charge in [-0.2, -0.15) is 0 Å². The van der Waals surface area contributed by atoms with E-state index in [2.05, 4.69) is 48.0 Å². The van der Waals surface area contributed by atoms with E-state index in [0.717, 1.165) is 54.8 Å². The van der Waals surface area contributed by atoms with Gasteiger partial charge in [0.15, 0.2) is 0 Å². The number of nitrogens with zero attached hydrogens (tertiary/aromatic N) is 2. The molecule has 29 heavy (non-hydrogen) atoms. The maximum absolute atomic E-state index is 12.0. The highest BCUT2D eigenvalue weighted by molar-refractivity contribution is 5.81. The maximum atomic E-state index is 12.0. The predicted octanol–water partition coefficient (Wildman–Crippen LogP) is 4.54. The van der Waals surface area contributed by atoms with Crippen LogP contribution in [0.25, 0.3) is 11.0 Å². The SMILES string of the molecule is Cc1ccc(OCCCCn2c(CNC(=O)C3CC3)nc3ccccc32)c(C)c1. The van der Waals surface area contributed by atoms with Crippen LogP contribution in [0.4, 0.5) is 0 Å². The van der Waals surface area contributed by atoms with E-state index in [1.165, 1.54) is 11.1 Å². The Hall–Kier alpha value is -2.82. The molecule has 0 spiro atoms. The zero-order chi connectivity index (χ0) is 20.2. The molecular formula is C24H29N3O2. The van der Waals surface area contributed by atoms with E-state index in [1.54, 1.807) is 0 Å². The average Bonchev–Trinajstić information content (AvgIpc) is 3.50. The highest BCUT2D eigenvalue weighted by Gasteiger charge is 2.29. The second-order valence-corrected chi connectivity index (χ2v) is 7.98. The quantitative estimate of drug-likeness (QED) is 0.545. The van der Waals surface area contributed by atoms with Gasteiger partial charge in [0.25, 0.3) is 0 Å². The van der Waals surface area contributed by atoms with Crippen molar-refractivity contribution in [1.29, 1.82) is 0 Å². The van der Waals surface area contributed by atoms with Crippen molar-refractivity contribution in [3.8, 4) is 5.75 Å². The molecule has 152 valence electrons. The summed E-state index contributed by atoms with van der Waals surface area (Å²) in [5, 5.41) is 3.05. The maximum Gasteiger partial charge on any atom is 0.223 e. The van der Waals surface area contributed by atoms with E-state index in [4.69, 9.17) is 9.72 Å². The minimum absolute atomic E-state index is 0.158. The van der Waals surface area contributed by atoms with Gasteiger partial charge < -0.3 is 14.6 Å². The van der Waals surface area contributed by atoms with Gasteiger partial charge >= 0.3 is 0 Å². The third-order valence-electron chi connectivity index (χ3n) is 5.47. The van der Waals surface area contributed by atoms with Gasteiger partial charge in [0.05, 0.1) is 24.2 Å². The summed E-state index contributed by atoms with van der Waals surface area (Å²) in [5.74, 6) is 2.27. The van der Waals surface area contributed by atoms with E-state index in [9.17, 15) is 4.79 Å². The number of aryl methyl sites for hydroxylation is 3. The number of nitrogens with one attached hydrogen (secondary N) is 1. The van der Waals surface area contributed by atoms with Gasteiger partial charge in [-0.1, -0.05) is 29.8 Å². The fourth-order valence-electron chi connectivity index (χ4n) is 3.68. The van der Waals surface area contributed by atoms with Gasteiger partial charge in [0, 0.05) is 12.5 Å². The van der Waals surface area contributed by atoms with Crippen LogP contribution in [0.3, 0.4) is 0 Å². The van der Waals surface area contributed by atoms with E-state index < -0.39 is 0 Å². The molecule has 5 nitrogen and oxygen atoms in total. The molecule has 4 rings (SSSR count). The first-order chi connectivity index (χ1) is 14.1. The van der Waals surface area contributed by atoms with Crippen molar-refractivity contribution in [3.63, 3.8) is 0 Å². The van der Waals surface area contributed by atoms with Crippen molar-refractivity contribution in [3.05, 3.63) is 59.4 Å². The molecule has 1 saturated carbocycles. The Kier molecular flexibility index (Phi) is 5.84. The van der Waals surface area contributed by atoms with Crippen LogP contribution in [0.1, 0.15) is 42.6 Å². The summed E-state index contributed by atoms with van der Waals surface area (Å²) >= 11 is 0. The lowest BCUT2D eigenvalue weighted by atomic mass is 10.1. The Labute approximate surface area is 172 Å². The molecule has 2 aromatic carbocycles. The lowest BCUT2D eigenvalue weighted by Gasteiger charge is -2.12. The van der Waals surface area contributed by atoms with E-state index in [0.29, 0.717) is 13.2 Å². The summed E-state index contributed by atoms with van der Waals surface area (Å²) in [5.41, 5.74) is 4.54. The summed E-state index contributed by atoms with van der Waals surface area (Å²) < 4.78 is 8.20. The van der Waals surface area contributed by atoms with Crippen molar-refractivity contribution in [1.82, 2.24) is 14.9 Å². The van der Waals surface area contributed by atoms with Crippen molar-refractivity contribution in [2.45, 2.75) is 52.6 Å². The monoisotopic (exact) mass is 391 g/mol. The van der Waals surface area contributed by atoms with E-state index in [1.807, 2.05) is 18.2 Å². The number of aromatic nitrogens is 2. The number of hydrogen-bond acceptors (Lipinski definition) is 3. The number of benzene rings is 2. The number of fused-ring (bicyclic) bond motifs is 1. The average molecular weight is 392 g/mol. The van der Waals surface area contributed by atoms with Crippen molar-refractivity contribution in [2.75, 3.05) is 6.61 Å². The first-order valence-corrected chi connectivity index (χ1v) is 10.5. The Morgan fingerprint density at radius 2 is 2.00 bits per heavy atom. The Morgan fingerprint density at radius 3 is 2.79 bits per heavy atom. The fraction of sp³-hybridized carbons (Fsp3) is 0.417. The standard InChI is InChI=1S/C24H29N3O2/c1-17-9-12-22(18(2)15-17)29-14-6-5-13-27-21-8-4-3-7-20(21)26-23(27)16-25-24(28)19-10-11-19/h3-4,7-9,12,15,19H,5-6,10-11,13-14,16H2,1-2H3,(H,25,28). The largest absolute Gasteiger partial charge is 0.493 e. The fourth-order valence-corrected chi connectivity index (χ4v) is 3.68. The van der Waals surface area contributed by atoms with Crippen LogP contribution in [0, 0.1) is 19.8 Å². The molecule has 1 heterocycles. The van der Waals surface area contributed by atoms with Crippen LogP contribution in [0.5, 0.6) is 5.75 Å². The van der Waals surface area contributed by atoms with Crippen molar-refractivity contribution in [2.24, 2.45) is 5.92 Å². The number of carbonyl (C=O) groups excluding carboxylic acids is 1. The molecule has 0 atom stereocenters. The molecular weight excluding hydrogens is 362 g/mol. The minimum Gasteiger partial charge on any atom is -0.493 e. The van der Waals surface area contributed by atoms with Crippen molar-refractivity contribution >= 4 is 16.9 Å². The van der Waals surface area contributed by atoms with Crippen molar-refractivity contribution < 1.29 is 9.53 Å². The van der Waals surface area contributed by atoms with Crippen LogP contribution in [-0.2, 0) is 17.9 Å². The first kappa shape index (κ1) is 19.5. The third kappa shape index (κ3) is 4.78. The zero-order valence-electron chi connectivity index (χ0n) is 17.3. The number of unbranched alkanes of at least 4 members (excludes halogenated alkanes) is 1. The van der Waals surface area contributed by atoms with Gasteiger partial charge in [-0.3, -0.25) is 4.79 Å². The zero-order valence-corrected chi connectivity index (χ0v) is 17.3. The second kappa shape index (κ2) is 8.68. The molecule has 1 aliphatic rings. The van der Waals surface area contributed by atoms with Crippen LogP contribution in [-0.4, -0.2) is 22.1 Å². The predicted molar refractivity (Wildman–Crippen MR) is 115 cm³/mol. The topological polar surface area (TPSA) is 56.1 Å². The number of amides is 1. The number of hydrogen-bond donors (Lipinski definition) is 1. The molecule has 0 saturated heterocycles. The highest BCUT2D eigenvalue weighted by Crippen LogP contribution is 2.29. The van der Waals surface area contributed by atoms with Crippen LogP contribution in [0.15, 0.2) is 42.5 Å². The first-order valence-electron chi connectivity index (χ1n) is 10.5. The van der Waals surface area contributed by atoms with Crippen LogP contribution < -0.4 is 10.1 Å². The Bertz CT molecular complexity index is 1000. The molecule has 3 aromatic rings. The molecule has 0 bridgehead atoms. The molecule has 1 N–H and O–H groups in total. The molecule has 5 heteroatoms. The van der Waals surface area contributed by atoms with Crippen LogP contribution in [0.2, 0.25) is 0 Å². The smallest absolute Gasteiger partial charge is 0.223 e. The normalized spacial score (nSPS) is 13.6. The number of imidazole rings is 1. The molecule has 1 amide bonds. The molecule has 1 fully saturated rings. The van der Waals surface area contributed by atoms with Gasteiger partial charge in [-0.05, 0) is 63.3 Å². The second-order valence-electron chi connectivity index (χ2n) is 7.98. The molecule has 0 unspecified atom stereocenters. The van der Waals surface area contributed by atoms with Gasteiger partial charge in [0.2, 0.25) is 5.91 Å². The highest BCUT2D eigenvalue weighted by atomic mass is 16.5. The number of ether oxygens (including phenoxy) is 1.